The van der Waals surface area contributed by atoms with E-state index in [-0.39, 0.29) is 11.7 Å². The molecule has 8 nitrogen and oxygen atoms in total. The van der Waals surface area contributed by atoms with Crippen molar-refractivity contribution in [1.82, 2.24) is 4.31 Å². The summed E-state index contributed by atoms with van der Waals surface area (Å²) in [6.45, 7) is 1.63. The minimum atomic E-state index is -4.06. The first-order valence-electron chi connectivity index (χ1n) is 6.59. The first-order valence-corrected chi connectivity index (χ1v) is 9.91. The van der Waals surface area contributed by atoms with Crippen molar-refractivity contribution in [3.63, 3.8) is 0 Å². The molecule has 0 radical (unpaired) electrons. The van der Waals surface area contributed by atoms with E-state index in [2.05, 4.69) is 3.77 Å². The van der Waals surface area contributed by atoms with Gasteiger partial charge >= 0.3 is 0 Å². The predicted octanol–water partition coefficient (Wildman–Crippen LogP) is 0.449. The van der Waals surface area contributed by atoms with Gasteiger partial charge in [-0.3, -0.25) is 0 Å². The second-order valence-corrected chi connectivity index (χ2v) is 8.93. The van der Waals surface area contributed by atoms with Crippen molar-refractivity contribution in [1.29, 1.82) is 0 Å². The third kappa shape index (κ3) is 3.05. The average Bonchev–Trinajstić information content (AvgIpc) is 2.94. The second-order valence-electron chi connectivity index (χ2n) is 4.87. The number of hydrogen-bond donors (Lipinski definition) is 0. The van der Waals surface area contributed by atoms with E-state index in [4.69, 9.17) is 14.2 Å². The summed E-state index contributed by atoms with van der Waals surface area (Å²) in [6.07, 6.45) is 1.32. The normalized spacial score (nSPS) is 21.3. The topological polar surface area (TPSA) is 94.5 Å². The molecule has 0 amide bonds. The van der Waals surface area contributed by atoms with Crippen LogP contribution >= 0.6 is 0 Å². The minimum absolute atomic E-state index is 0.0499. The van der Waals surface area contributed by atoms with Crippen LogP contribution in [0.3, 0.4) is 0 Å². The fourth-order valence-electron chi connectivity index (χ4n) is 2.19. The maximum Gasteiger partial charge on any atom is 0.291 e. The van der Waals surface area contributed by atoms with Gasteiger partial charge in [0.2, 0.25) is 6.79 Å². The number of sulfonamides is 1. The third-order valence-corrected chi connectivity index (χ3v) is 7.39. The Morgan fingerprint density at radius 2 is 1.77 bits per heavy atom. The molecule has 0 bridgehead atoms. The summed E-state index contributed by atoms with van der Waals surface area (Å²) >= 11 is 0. The van der Waals surface area contributed by atoms with Gasteiger partial charge in [0, 0.05) is 25.4 Å². The van der Waals surface area contributed by atoms with Gasteiger partial charge < -0.3 is 14.2 Å². The molecule has 2 aliphatic rings. The van der Waals surface area contributed by atoms with Crippen LogP contribution in [0.25, 0.3) is 0 Å². The molecule has 122 valence electrons. The quantitative estimate of drug-likeness (QED) is 0.787. The molecule has 0 aromatic heterocycles. The third-order valence-electron chi connectivity index (χ3n) is 3.33. The lowest BCUT2D eigenvalue weighted by Gasteiger charge is -2.26. The lowest BCUT2D eigenvalue weighted by molar-refractivity contribution is 0.0748. The Hall–Kier alpha value is -1.36. The molecule has 0 spiro atoms. The average molecular weight is 348 g/mol. The summed E-state index contributed by atoms with van der Waals surface area (Å²) in [5, 5.41) is 0. The fourth-order valence-corrected chi connectivity index (χ4v) is 5.70. The van der Waals surface area contributed by atoms with E-state index in [0.29, 0.717) is 37.8 Å². The first-order chi connectivity index (χ1) is 10.4. The van der Waals surface area contributed by atoms with E-state index in [1.165, 1.54) is 28.8 Å². The van der Waals surface area contributed by atoms with E-state index in [1.807, 2.05) is 0 Å². The highest BCUT2D eigenvalue weighted by molar-refractivity contribution is 8.01. The molecule has 22 heavy (non-hydrogen) atoms. The molecule has 0 saturated carbocycles. The highest BCUT2D eigenvalue weighted by Crippen LogP contribution is 2.34. The van der Waals surface area contributed by atoms with Crippen molar-refractivity contribution in [3.05, 3.63) is 18.2 Å². The monoisotopic (exact) mass is 348 g/mol. The summed E-state index contributed by atoms with van der Waals surface area (Å²) < 4.78 is 58.0. The van der Waals surface area contributed by atoms with Gasteiger partial charge in [-0.1, -0.05) is 3.77 Å². The van der Waals surface area contributed by atoms with E-state index in [9.17, 15) is 12.6 Å². The van der Waals surface area contributed by atoms with Crippen molar-refractivity contribution in [2.75, 3.05) is 39.4 Å². The van der Waals surface area contributed by atoms with Gasteiger partial charge in [0.05, 0.1) is 18.1 Å². The first kappa shape index (κ1) is 15.5. The Labute approximate surface area is 129 Å². The smallest absolute Gasteiger partial charge is 0.291 e. The van der Waals surface area contributed by atoms with E-state index >= 15 is 0 Å². The Kier molecular flexibility index (Phi) is 4.02. The summed E-state index contributed by atoms with van der Waals surface area (Å²) in [5.41, 5.74) is 0. The number of fused-ring (bicyclic) bond motifs is 1. The maximum absolute atomic E-state index is 12.6. The van der Waals surface area contributed by atoms with Crippen LogP contribution in [0.15, 0.2) is 26.9 Å². The van der Waals surface area contributed by atoms with Crippen LogP contribution in [0, 0.1) is 0 Å². The van der Waals surface area contributed by atoms with Gasteiger partial charge in [0.25, 0.3) is 10.0 Å². The minimum Gasteiger partial charge on any atom is -0.454 e. The summed E-state index contributed by atoms with van der Waals surface area (Å²) in [7, 11) is -7.09. The van der Waals surface area contributed by atoms with Crippen LogP contribution in [0.5, 0.6) is 11.5 Å². The van der Waals surface area contributed by atoms with Crippen LogP contribution in [0.4, 0.5) is 0 Å². The van der Waals surface area contributed by atoms with Gasteiger partial charge in [0.1, 0.15) is 9.92 Å². The van der Waals surface area contributed by atoms with Gasteiger partial charge in [-0.05, 0) is 12.1 Å². The Morgan fingerprint density at radius 1 is 1.09 bits per heavy atom. The molecule has 0 aliphatic carbocycles. The standard InChI is InChI=1S/C12H16N2O6S2/c1-21(15,14-4-6-18-7-5-14)13-22(16,17)10-2-3-11-12(8-10)20-9-19-11/h2-3,8H,4-7,9H2,1H3. The maximum atomic E-state index is 12.6. The van der Waals surface area contributed by atoms with Crippen molar-refractivity contribution >= 4 is 19.9 Å². The number of rotatable bonds is 3. The predicted molar refractivity (Wildman–Crippen MR) is 78.6 cm³/mol. The van der Waals surface area contributed by atoms with Gasteiger partial charge in [0.15, 0.2) is 11.5 Å². The van der Waals surface area contributed by atoms with Crippen molar-refractivity contribution < 1.29 is 26.8 Å². The molecular formula is C12H16N2O6S2. The summed E-state index contributed by atoms with van der Waals surface area (Å²) in [6, 6.07) is 4.19. The molecule has 1 unspecified atom stereocenters. The van der Waals surface area contributed by atoms with Crippen LogP contribution in [0.2, 0.25) is 0 Å². The zero-order valence-corrected chi connectivity index (χ0v) is 13.6. The van der Waals surface area contributed by atoms with E-state index in [1.54, 1.807) is 0 Å². The van der Waals surface area contributed by atoms with Gasteiger partial charge in [-0.15, -0.1) is 0 Å². The Morgan fingerprint density at radius 3 is 2.50 bits per heavy atom. The number of benzene rings is 1. The molecule has 1 aromatic carbocycles. The number of ether oxygens (including phenoxy) is 3. The number of nitrogens with zero attached hydrogens (tertiary/aromatic N) is 2. The Balaban J connectivity index is 1.95. The number of morpholine rings is 1. The van der Waals surface area contributed by atoms with Crippen LogP contribution in [-0.4, -0.2) is 56.3 Å². The molecule has 3 rings (SSSR count). The highest BCUT2D eigenvalue weighted by Gasteiger charge is 2.25. The SMILES string of the molecule is CS(=O)(=NS(=O)(=O)c1ccc2c(c1)OCO2)N1CCOCC1. The molecule has 1 fully saturated rings. The van der Waals surface area contributed by atoms with Crippen LogP contribution in [-0.2, 0) is 24.7 Å². The molecular weight excluding hydrogens is 332 g/mol. The molecule has 2 heterocycles. The highest BCUT2D eigenvalue weighted by atomic mass is 32.3. The van der Waals surface area contributed by atoms with Crippen LogP contribution < -0.4 is 9.47 Å². The second kappa shape index (κ2) is 5.69. The van der Waals surface area contributed by atoms with Crippen molar-refractivity contribution in [3.8, 4) is 11.5 Å². The van der Waals surface area contributed by atoms with Gasteiger partial charge in [-0.2, -0.15) is 8.42 Å². The van der Waals surface area contributed by atoms with Crippen molar-refractivity contribution in [2.24, 2.45) is 3.77 Å². The molecule has 1 saturated heterocycles. The number of hydrogen-bond acceptors (Lipinski definition) is 6. The largest absolute Gasteiger partial charge is 0.454 e. The summed E-state index contributed by atoms with van der Waals surface area (Å²) in [4.78, 5) is -0.0698. The van der Waals surface area contributed by atoms with Crippen molar-refractivity contribution in [2.45, 2.75) is 4.90 Å². The lowest BCUT2D eigenvalue weighted by atomic mass is 10.3. The van der Waals surface area contributed by atoms with Crippen LogP contribution in [0.1, 0.15) is 0 Å². The van der Waals surface area contributed by atoms with E-state index < -0.39 is 19.9 Å². The molecule has 10 heteroatoms. The molecule has 0 N–H and O–H groups in total. The molecule has 2 aliphatic heterocycles. The Bertz CT molecular complexity index is 792. The zero-order valence-electron chi connectivity index (χ0n) is 11.9. The fraction of sp³-hybridized carbons (Fsp3) is 0.500. The lowest BCUT2D eigenvalue weighted by Crippen LogP contribution is -2.40. The zero-order chi connectivity index (χ0) is 15.8. The van der Waals surface area contributed by atoms with E-state index in [0.717, 1.165) is 0 Å². The van der Waals surface area contributed by atoms with Gasteiger partial charge in [-0.25, -0.2) is 8.51 Å². The molecule has 1 aromatic rings. The molecule has 1 atom stereocenters. The summed E-state index contributed by atoms with van der Waals surface area (Å²) in [5.74, 6) is 0.814.